The minimum Gasteiger partial charge on any atom is -0.396 e. The molecule has 13 heavy (non-hydrogen) atoms. The molecule has 0 atom stereocenters. The van der Waals surface area contributed by atoms with E-state index in [0.29, 0.717) is 6.61 Å². The Hall–Kier alpha value is -0.120. The zero-order valence-corrected chi connectivity index (χ0v) is 8.54. The Morgan fingerprint density at radius 3 is 2.69 bits per heavy atom. The van der Waals surface area contributed by atoms with Gasteiger partial charge in [0.2, 0.25) is 0 Å². The van der Waals surface area contributed by atoms with Gasteiger partial charge in [-0.15, -0.1) is 0 Å². The average molecular weight is 187 g/mol. The second-order valence-electron chi connectivity index (χ2n) is 3.90. The maximum atomic E-state index is 8.55. The van der Waals surface area contributed by atoms with E-state index in [-0.39, 0.29) is 6.61 Å². The van der Waals surface area contributed by atoms with Crippen LogP contribution in [0.15, 0.2) is 0 Å². The third-order valence-corrected chi connectivity index (χ3v) is 2.64. The monoisotopic (exact) mass is 187 g/mol. The van der Waals surface area contributed by atoms with Gasteiger partial charge in [-0.2, -0.15) is 0 Å². The molecule has 0 aromatic carbocycles. The summed E-state index contributed by atoms with van der Waals surface area (Å²) in [5.74, 6) is 0.745. The molecule has 78 valence electrons. The third kappa shape index (κ3) is 4.60. The fraction of sp³-hybridized carbons (Fsp3) is 1.00. The summed E-state index contributed by atoms with van der Waals surface area (Å²) >= 11 is 0. The largest absolute Gasteiger partial charge is 0.396 e. The van der Waals surface area contributed by atoms with E-state index in [1.54, 1.807) is 0 Å². The molecule has 0 aromatic rings. The van der Waals surface area contributed by atoms with Gasteiger partial charge in [0.25, 0.3) is 0 Å². The lowest BCUT2D eigenvalue weighted by atomic mass is 9.98. The van der Waals surface area contributed by atoms with E-state index in [4.69, 9.17) is 9.84 Å². The van der Waals surface area contributed by atoms with Crippen LogP contribution in [0.25, 0.3) is 0 Å². The van der Waals surface area contributed by atoms with Gasteiger partial charge in [-0.05, 0) is 45.3 Å². The molecule has 1 fully saturated rings. The van der Waals surface area contributed by atoms with Crippen molar-refractivity contribution in [3.63, 3.8) is 0 Å². The van der Waals surface area contributed by atoms with Crippen molar-refractivity contribution >= 4 is 0 Å². The first kappa shape index (κ1) is 11.0. The molecule has 0 radical (unpaired) electrons. The molecule has 0 bridgehead atoms. The number of piperidine rings is 1. The van der Waals surface area contributed by atoms with Gasteiger partial charge in [-0.1, -0.05) is 0 Å². The topological polar surface area (TPSA) is 32.7 Å². The van der Waals surface area contributed by atoms with E-state index in [9.17, 15) is 0 Å². The van der Waals surface area contributed by atoms with E-state index < -0.39 is 0 Å². The molecule has 1 aliphatic rings. The summed E-state index contributed by atoms with van der Waals surface area (Å²) in [6, 6.07) is 0. The lowest BCUT2D eigenvalue weighted by Gasteiger charge is -2.28. The molecule has 1 saturated heterocycles. The number of rotatable bonds is 5. The molecule has 1 aliphatic heterocycles. The van der Waals surface area contributed by atoms with E-state index in [1.807, 2.05) is 0 Å². The predicted octanol–water partition coefficient (Wildman–Crippen LogP) is 0.727. The van der Waals surface area contributed by atoms with Crippen LogP contribution in [-0.4, -0.2) is 50.0 Å². The van der Waals surface area contributed by atoms with Crippen molar-refractivity contribution in [3.8, 4) is 0 Å². The first-order valence-corrected chi connectivity index (χ1v) is 5.20. The van der Waals surface area contributed by atoms with Gasteiger partial charge in [0.15, 0.2) is 0 Å². The molecule has 0 saturated carbocycles. The highest BCUT2D eigenvalue weighted by molar-refractivity contribution is 4.69. The van der Waals surface area contributed by atoms with Crippen LogP contribution in [-0.2, 0) is 4.74 Å². The van der Waals surface area contributed by atoms with Crippen LogP contribution in [0.5, 0.6) is 0 Å². The highest BCUT2D eigenvalue weighted by Crippen LogP contribution is 2.15. The van der Waals surface area contributed by atoms with Gasteiger partial charge < -0.3 is 14.7 Å². The quantitative estimate of drug-likeness (QED) is 0.644. The molecule has 0 aliphatic carbocycles. The molecule has 3 nitrogen and oxygen atoms in total. The van der Waals surface area contributed by atoms with Gasteiger partial charge in [-0.25, -0.2) is 0 Å². The Kier molecular flexibility index (Phi) is 5.35. The van der Waals surface area contributed by atoms with Crippen LogP contribution in [0.4, 0.5) is 0 Å². The Balaban J connectivity index is 1.96. The van der Waals surface area contributed by atoms with Gasteiger partial charge in [0, 0.05) is 19.8 Å². The predicted molar refractivity (Wildman–Crippen MR) is 52.7 cm³/mol. The molecule has 0 amide bonds. The zero-order valence-electron chi connectivity index (χ0n) is 8.54. The third-order valence-electron chi connectivity index (χ3n) is 2.64. The molecule has 1 N–H and O–H groups in total. The van der Waals surface area contributed by atoms with E-state index >= 15 is 0 Å². The number of aliphatic hydroxyl groups excluding tert-OH is 1. The molecule has 0 aromatic heterocycles. The Labute approximate surface area is 80.7 Å². The molecule has 1 rings (SSSR count). The smallest absolute Gasteiger partial charge is 0.0495 e. The second-order valence-corrected chi connectivity index (χ2v) is 3.90. The van der Waals surface area contributed by atoms with E-state index in [1.165, 1.54) is 25.9 Å². The van der Waals surface area contributed by atoms with Crippen molar-refractivity contribution < 1.29 is 9.84 Å². The summed E-state index contributed by atoms with van der Waals surface area (Å²) in [5.41, 5.74) is 0. The van der Waals surface area contributed by atoms with Crippen molar-refractivity contribution in [1.82, 2.24) is 4.90 Å². The summed E-state index contributed by atoms with van der Waals surface area (Å²) in [6.07, 6.45) is 3.29. The van der Waals surface area contributed by atoms with E-state index in [2.05, 4.69) is 11.9 Å². The van der Waals surface area contributed by atoms with Crippen molar-refractivity contribution in [2.75, 3.05) is 40.0 Å². The van der Waals surface area contributed by atoms with Crippen LogP contribution in [0.2, 0.25) is 0 Å². The van der Waals surface area contributed by atoms with Crippen LogP contribution < -0.4 is 0 Å². The van der Waals surface area contributed by atoms with Gasteiger partial charge in [0.05, 0.1) is 0 Å². The Morgan fingerprint density at radius 1 is 1.38 bits per heavy atom. The fourth-order valence-corrected chi connectivity index (χ4v) is 1.65. The SMILES string of the molecule is CN1CCC(COCCCO)CC1. The van der Waals surface area contributed by atoms with Crippen molar-refractivity contribution in [2.24, 2.45) is 5.92 Å². The van der Waals surface area contributed by atoms with Gasteiger partial charge >= 0.3 is 0 Å². The van der Waals surface area contributed by atoms with Crippen molar-refractivity contribution in [1.29, 1.82) is 0 Å². The van der Waals surface area contributed by atoms with Crippen molar-refractivity contribution in [2.45, 2.75) is 19.3 Å². The van der Waals surface area contributed by atoms with Crippen LogP contribution in [0, 0.1) is 5.92 Å². The van der Waals surface area contributed by atoms with Gasteiger partial charge in [0.1, 0.15) is 0 Å². The standard InChI is InChI=1S/C10H21NO2/c1-11-5-3-10(4-6-11)9-13-8-2-7-12/h10,12H,2-9H2,1H3. The fourth-order valence-electron chi connectivity index (χ4n) is 1.65. The molecular weight excluding hydrogens is 166 g/mol. The van der Waals surface area contributed by atoms with E-state index in [0.717, 1.165) is 18.9 Å². The summed E-state index contributed by atoms with van der Waals surface area (Å²) in [7, 11) is 2.17. The second kappa shape index (κ2) is 6.35. The number of nitrogens with zero attached hydrogens (tertiary/aromatic N) is 1. The summed E-state index contributed by atoms with van der Waals surface area (Å²) in [6.45, 7) is 4.24. The number of aliphatic hydroxyl groups is 1. The first-order valence-electron chi connectivity index (χ1n) is 5.20. The molecule has 3 heteroatoms. The van der Waals surface area contributed by atoms with Crippen LogP contribution >= 0.6 is 0 Å². The summed E-state index contributed by atoms with van der Waals surface area (Å²) in [5, 5.41) is 8.55. The Bertz CT molecular complexity index is 122. The average Bonchev–Trinajstić information content (AvgIpc) is 2.15. The number of ether oxygens (including phenoxy) is 1. The van der Waals surface area contributed by atoms with Crippen LogP contribution in [0.1, 0.15) is 19.3 Å². The number of hydrogen-bond donors (Lipinski definition) is 1. The minimum atomic E-state index is 0.243. The molecule has 0 unspecified atom stereocenters. The summed E-state index contributed by atoms with van der Waals surface area (Å²) < 4.78 is 5.47. The van der Waals surface area contributed by atoms with Crippen LogP contribution in [0.3, 0.4) is 0 Å². The lowest BCUT2D eigenvalue weighted by molar-refractivity contribution is 0.0638. The molecule has 0 spiro atoms. The van der Waals surface area contributed by atoms with Crippen molar-refractivity contribution in [3.05, 3.63) is 0 Å². The maximum absolute atomic E-state index is 8.55. The normalized spacial score (nSPS) is 20.8. The lowest BCUT2D eigenvalue weighted by Crippen LogP contribution is -2.32. The highest BCUT2D eigenvalue weighted by Gasteiger charge is 2.16. The zero-order chi connectivity index (χ0) is 9.52. The highest BCUT2D eigenvalue weighted by atomic mass is 16.5. The molecular formula is C10H21NO2. The first-order chi connectivity index (χ1) is 6.33. The maximum Gasteiger partial charge on any atom is 0.0495 e. The van der Waals surface area contributed by atoms with Gasteiger partial charge in [-0.3, -0.25) is 0 Å². The number of likely N-dealkylation sites (tertiary alicyclic amines) is 1. The number of hydrogen-bond acceptors (Lipinski definition) is 3. The Morgan fingerprint density at radius 2 is 2.08 bits per heavy atom. The minimum absolute atomic E-state index is 0.243. The molecule has 1 heterocycles. The summed E-state index contributed by atoms with van der Waals surface area (Å²) in [4.78, 5) is 2.37.